The summed E-state index contributed by atoms with van der Waals surface area (Å²) in [6, 6.07) is 4.83. The second-order valence-corrected chi connectivity index (χ2v) is 3.73. The van der Waals surface area contributed by atoms with Crippen LogP contribution in [0.15, 0.2) is 18.2 Å². The first-order valence-electron chi connectivity index (χ1n) is 4.98. The van der Waals surface area contributed by atoms with Crippen molar-refractivity contribution in [2.24, 2.45) is 0 Å². The lowest BCUT2D eigenvalue weighted by atomic mass is 9.94. The number of nitrogens with one attached hydrogen (secondary N) is 1. The molecule has 4 nitrogen and oxygen atoms in total. The van der Waals surface area contributed by atoms with Gasteiger partial charge in [0.15, 0.2) is 0 Å². The zero-order chi connectivity index (χ0) is 10.8. The third-order valence-electron chi connectivity index (χ3n) is 2.69. The highest BCUT2D eigenvalue weighted by Crippen LogP contribution is 2.33. The van der Waals surface area contributed by atoms with Crippen LogP contribution in [0.1, 0.15) is 24.3 Å². The summed E-state index contributed by atoms with van der Waals surface area (Å²) in [5, 5.41) is 21.6. The van der Waals surface area contributed by atoms with Gasteiger partial charge < -0.3 is 15.5 Å². The van der Waals surface area contributed by atoms with Gasteiger partial charge >= 0.3 is 5.97 Å². The van der Waals surface area contributed by atoms with Crippen molar-refractivity contribution in [3.8, 4) is 5.75 Å². The number of phenolic OH excluding ortho intramolecular Hbond substituents is 1. The van der Waals surface area contributed by atoms with Crippen molar-refractivity contribution in [3.05, 3.63) is 23.8 Å². The zero-order valence-electron chi connectivity index (χ0n) is 8.23. The minimum Gasteiger partial charge on any atom is -0.508 e. The Kier molecular flexibility index (Phi) is 2.49. The van der Waals surface area contributed by atoms with Gasteiger partial charge in [-0.1, -0.05) is 0 Å². The highest BCUT2D eigenvalue weighted by Gasteiger charge is 2.24. The lowest BCUT2D eigenvalue weighted by molar-refractivity contribution is -0.138. The second kappa shape index (κ2) is 3.81. The topological polar surface area (TPSA) is 69.6 Å². The number of phenols is 1. The highest BCUT2D eigenvalue weighted by molar-refractivity contribution is 5.79. The summed E-state index contributed by atoms with van der Waals surface area (Å²) in [4.78, 5) is 11.1. The van der Waals surface area contributed by atoms with Crippen molar-refractivity contribution in [2.45, 2.75) is 18.8 Å². The second-order valence-electron chi connectivity index (χ2n) is 3.73. The average molecular weight is 207 g/mol. The molecule has 3 N–H and O–H groups in total. The predicted octanol–water partition coefficient (Wildman–Crippen LogP) is 1.77. The maximum absolute atomic E-state index is 11.1. The van der Waals surface area contributed by atoms with E-state index in [2.05, 4.69) is 5.32 Å². The quantitative estimate of drug-likeness (QED) is 0.614. The monoisotopic (exact) mass is 207 g/mol. The largest absolute Gasteiger partial charge is 0.508 e. The fraction of sp³-hybridized carbons (Fsp3) is 0.364. The molecule has 0 fully saturated rings. The molecule has 1 unspecified atom stereocenters. The van der Waals surface area contributed by atoms with Gasteiger partial charge in [-0.05, 0) is 36.6 Å². The lowest BCUT2D eigenvalue weighted by Gasteiger charge is -2.13. The van der Waals surface area contributed by atoms with Gasteiger partial charge in [0.05, 0.1) is 5.92 Å². The number of benzene rings is 1. The van der Waals surface area contributed by atoms with Gasteiger partial charge in [-0.15, -0.1) is 0 Å². The van der Waals surface area contributed by atoms with Gasteiger partial charge in [-0.25, -0.2) is 0 Å². The third kappa shape index (κ3) is 1.88. The average Bonchev–Trinajstić information content (AvgIpc) is 2.39. The molecule has 1 aliphatic rings. The van der Waals surface area contributed by atoms with Gasteiger partial charge in [0.1, 0.15) is 5.75 Å². The van der Waals surface area contributed by atoms with Gasteiger partial charge in [0, 0.05) is 12.2 Å². The smallest absolute Gasteiger partial charge is 0.311 e. The SMILES string of the molecule is O=C(O)C1CCCNc2ccc(O)cc21. The Morgan fingerprint density at radius 2 is 2.27 bits per heavy atom. The molecule has 0 saturated heterocycles. The molecule has 2 rings (SSSR count). The summed E-state index contributed by atoms with van der Waals surface area (Å²) >= 11 is 0. The molecule has 15 heavy (non-hydrogen) atoms. The van der Waals surface area contributed by atoms with Crippen molar-refractivity contribution < 1.29 is 15.0 Å². The number of fused-ring (bicyclic) bond motifs is 1. The number of carboxylic acids is 1. The van der Waals surface area contributed by atoms with E-state index < -0.39 is 11.9 Å². The normalized spacial score (nSPS) is 19.9. The zero-order valence-corrected chi connectivity index (χ0v) is 8.23. The number of aromatic hydroxyl groups is 1. The van der Waals surface area contributed by atoms with Crippen LogP contribution in [-0.2, 0) is 4.79 Å². The molecule has 0 amide bonds. The number of hydrogen-bond donors (Lipinski definition) is 3. The third-order valence-corrected chi connectivity index (χ3v) is 2.69. The van der Waals surface area contributed by atoms with E-state index in [-0.39, 0.29) is 5.75 Å². The Bertz CT molecular complexity index is 389. The fourth-order valence-corrected chi connectivity index (χ4v) is 1.94. The first-order chi connectivity index (χ1) is 7.18. The molecule has 0 aromatic heterocycles. The summed E-state index contributed by atoms with van der Waals surface area (Å²) in [5.41, 5.74) is 1.50. The van der Waals surface area contributed by atoms with Gasteiger partial charge in [0.25, 0.3) is 0 Å². The minimum atomic E-state index is -0.828. The Morgan fingerprint density at radius 3 is 3.00 bits per heavy atom. The first kappa shape index (κ1) is 9.83. The predicted molar refractivity (Wildman–Crippen MR) is 56.2 cm³/mol. The fourth-order valence-electron chi connectivity index (χ4n) is 1.94. The van der Waals surface area contributed by atoms with Gasteiger partial charge in [0.2, 0.25) is 0 Å². The molecule has 0 bridgehead atoms. The van der Waals surface area contributed by atoms with Crippen LogP contribution in [0.2, 0.25) is 0 Å². The Labute approximate surface area is 87.6 Å². The molecule has 1 aromatic rings. The number of anilines is 1. The number of carbonyl (C=O) groups is 1. The molecule has 1 aromatic carbocycles. The van der Waals surface area contributed by atoms with Crippen LogP contribution >= 0.6 is 0 Å². The van der Waals surface area contributed by atoms with Gasteiger partial charge in [-0.2, -0.15) is 0 Å². The summed E-state index contributed by atoms with van der Waals surface area (Å²) < 4.78 is 0. The van der Waals surface area contributed by atoms with Crippen molar-refractivity contribution in [3.63, 3.8) is 0 Å². The van der Waals surface area contributed by atoms with E-state index >= 15 is 0 Å². The van der Waals surface area contributed by atoms with E-state index in [1.807, 2.05) is 0 Å². The number of carboxylic acid groups (broad SMARTS) is 1. The molecule has 1 atom stereocenters. The highest BCUT2D eigenvalue weighted by atomic mass is 16.4. The first-order valence-corrected chi connectivity index (χ1v) is 4.98. The van der Waals surface area contributed by atoms with Crippen molar-refractivity contribution >= 4 is 11.7 Å². The maximum atomic E-state index is 11.1. The minimum absolute atomic E-state index is 0.115. The van der Waals surface area contributed by atoms with Crippen molar-refractivity contribution in [1.82, 2.24) is 0 Å². The van der Waals surface area contributed by atoms with Gasteiger partial charge in [-0.3, -0.25) is 4.79 Å². The van der Waals surface area contributed by atoms with Crippen LogP contribution < -0.4 is 5.32 Å². The molecular formula is C11H13NO3. The molecular weight excluding hydrogens is 194 g/mol. The Hall–Kier alpha value is -1.71. The molecule has 1 aliphatic heterocycles. The van der Waals surface area contributed by atoms with Crippen LogP contribution in [0, 0.1) is 0 Å². The molecule has 0 saturated carbocycles. The lowest BCUT2D eigenvalue weighted by Crippen LogP contribution is -2.11. The van der Waals surface area contributed by atoms with E-state index in [1.54, 1.807) is 12.1 Å². The van der Waals surface area contributed by atoms with Crippen LogP contribution in [-0.4, -0.2) is 22.7 Å². The van der Waals surface area contributed by atoms with Crippen LogP contribution in [0.4, 0.5) is 5.69 Å². The molecule has 80 valence electrons. The van der Waals surface area contributed by atoms with Crippen molar-refractivity contribution in [1.29, 1.82) is 0 Å². The Balaban J connectivity index is 2.46. The van der Waals surface area contributed by atoms with E-state index in [9.17, 15) is 9.90 Å². The molecule has 4 heteroatoms. The van der Waals surface area contributed by atoms with Crippen LogP contribution in [0.5, 0.6) is 5.75 Å². The molecule has 0 aliphatic carbocycles. The van der Waals surface area contributed by atoms with Crippen LogP contribution in [0.25, 0.3) is 0 Å². The molecule has 0 radical (unpaired) electrons. The number of aliphatic carboxylic acids is 1. The summed E-state index contributed by atoms with van der Waals surface area (Å²) in [6.07, 6.45) is 1.44. The van der Waals surface area contributed by atoms with Crippen molar-refractivity contribution in [2.75, 3.05) is 11.9 Å². The standard InChI is InChI=1S/C11H13NO3/c13-7-3-4-10-9(6-7)8(11(14)15)2-1-5-12-10/h3-4,6,8,12-13H,1-2,5H2,(H,14,15). The molecule has 1 heterocycles. The van der Waals surface area contributed by atoms with E-state index in [0.29, 0.717) is 12.0 Å². The summed E-state index contributed by atoms with van der Waals surface area (Å²) in [6.45, 7) is 0.779. The van der Waals surface area contributed by atoms with E-state index in [0.717, 1.165) is 18.7 Å². The van der Waals surface area contributed by atoms with Crippen LogP contribution in [0.3, 0.4) is 0 Å². The Morgan fingerprint density at radius 1 is 1.47 bits per heavy atom. The number of hydrogen-bond acceptors (Lipinski definition) is 3. The summed E-state index contributed by atoms with van der Waals surface area (Å²) in [5.74, 6) is -1.23. The maximum Gasteiger partial charge on any atom is 0.311 e. The molecule has 0 spiro atoms. The number of rotatable bonds is 1. The summed E-state index contributed by atoms with van der Waals surface area (Å²) in [7, 11) is 0. The van der Waals surface area contributed by atoms with E-state index in [1.165, 1.54) is 6.07 Å². The van der Waals surface area contributed by atoms with E-state index in [4.69, 9.17) is 5.11 Å².